The third-order valence-electron chi connectivity index (χ3n) is 3.98. The van der Waals surface area contributed by atoms with Crippen LogP contribution in [0.2, 0.25) is 0 Å². The van der Waals surface area contributed by atoms with Crippen molar-refractivity contribution in [1.82, 2.24) is 5.32 Å². The van der Waals surface area contributed by atoms with E-state index in [-0.39, 0.29) is 0 Å². The summed E-state index contributed by atoms with van der Waals surface area (Å²) in [6.45, 7) is 4.60. The van der Waals surface area contributed by atoms with Gasteiger partial charge in [-0.25, -0.2) is 0 Å². The molecule has 0 heterocycles. The molecule has 0 radical (unpaired) electrons. The van der Waals surface area contributed by atoms with Gasteiger partial charge in [-0.1, -0.05) is 49.1 Å². The number of aryl methyl sites for hydroxylation is 1. The molecule has 1 atom stereocenters. The molecule has 0 saturated heterocycles. The van der Waals surface area contributed by atoms with Crippen molar-refractivity contribution in [3.63, 3.8) is 0 Å². The quantitative estimate of drug-likeness (QED) is 0.857. The van der Waals surface area contributed by atoms with Gasteiger partial charge in [0.25, 0.3) is 0 Å². The molecule has 1 fully saturated rings. The molecule has 2 nitrogen and oxygen atoms in total. The Hall–Kier alpha value is -0.860. The maximum absolute atomic E-state index is 10.6. The van der Waals surface area contributed by atoms with Crippen molar-refractivity contribution in [2.75, 3.05) is 6.54 Å². The Labute approximate surface area is 110 Å². The van der Waals surface area contributed by atoms with Gasteiger partial charge in [-0.15, -0.1) is 0 Å². The van der Waals surface area contributed by atoms with Crippen molar-refractivity contribution in [2.24, 2.45) is 0 Å². The minimum atomic E-state index is -0.774. The summed E-state index contributed by atoms with van der Waals surface area (Å²) in [6.07, 6.45) is 6.52. The topological polar surface area (TPSA) is 32.3 Å². The Morgan fingerprint density at radius 2 is 2.00 bits per heavy atom. The minimum Gasteiger partial charge on any atom is -0.384 e. The number of hydrogen-bond acceptors (Lipinski definition) is 2. The fraction of sp³-hybridized carbons (Fsp3) is 0.625. The maximum Gasteiger partial charge on any atom is 0.0992 e. The van der Waals surface area contributed by atoms with Gasteiger partial charge in [-0.3, -0.25) is 0 Å². The summed E-state index contributed by atoms with van der Waals surface area (Å²) in [7, 11) is 0. The molecular formula is C16H25NO. The Morgan fingerprint density at radius 3 is 2.67 bits per heavy atom. The van der Waals surface area contributed by atoms with Gasteiger partial charge >= 0.3 is 0 Å². The molecule has 100 valence electrons. The zero-order chi connectivity index (χ0) is 13.0. The zero-order valence-electron chi connectivity index (χ0n) is 11.6. The van der Waals surface area contributed by atoms with E-state index in [0.29, 0.717) is 12.6 Å². The van der Waals surface area contributed by atoms with E-state index in [1.807, 2.05) is 19.1 Å². The summed E-state index contributed by atoms with van der Waals surface area (Å²) in [6, 6.07) is 8.75. The Balaban J connectivity index is 1.94. The lowest BCUT2D eigenvalue weighted by Crippen LogP contribution is -2.41. The predicted octanol–water partition coefficient (Wildman–Crippen LogP) is 3.12. The highest BCUT2D eigenvalue weighted by molar-refractivity contribution is 5.27. The molecular weight excluding hydrogens is 222 g/mol. The van der Waals surface area contributed by atoms with Crippen molar-refractivity contribution in [1.29, 1.82) is 0 Å². The van der Waals surface area contributed by atoms with Crippen molar-refractivity contribution in [2.45, 2.75) is 57.6 Å². The van der Waals surface area contributed by atoms with E-state index in [2.05, 4.69) is 24.4 Å². The van der Waals surface area contributed by atoms with E-state index >= 15 is 0 Å². The van der Waals surface area contributed by atoms with E-state index in [9.17, 15) is 5.11 Å². The normalized spacial score (nSPS) is 20.6. The number of nitrogens with one attached hydrogen (secondary N) is 1. The van der Waals surface area contributed by atoms with E-state index in [0.717, 1.165) is 5.56 Å². The van der Waals surface area contributed by atoms with Gasteiger partial charge in [-0.2, -0.15) is 0 Å². The Bertz CT molecular complexity index is 380. The van der Waals surface area contributed by atoms with Crippen molar-refractivity contribution >= 4 is 0 Å². The van der Waals surface area contributed by atoms with Crippen LogP contribution < -0.4 is 5.32 Å². The van der Waals surface area contributed by atoms with Crippen LogP contribution in [-0.4, -0.2) is 17.7 Å². The number of rotatable bonds is 4. The van der Waals surface area contributed by atoms with E-state index in [4.69, 9.17) is 0 Å². The van der Waals surface area contributed by atoms with E-state index < -0.39 is 5.60 Å². The first-order valence-corrected chi connectivity index (χ1v) is 7.11. The molecule has 1 aliphatic rings. The summed E-state index contributed by atoms with van der Waals surface area (Å²) in [4.78, 5) is 0. The van der Waals surface area contributed by atoms with Gasteiger partial charge in [0.1, 0.15) is 0 Å². The summed E-state index contributed by atoms with van der Waals surface area (Å²) in [5.41, 5.74) is 1.43. The lowest BCUT2D eigenvalue weighted by Gasteiger charge is -2.29. The highest BCUT2D eigenvalue weighted by Gasteiger charge is 2.24. The van der Waals surface area contributed by atoms with Gasteiger partial charge in [-0.05, 0) is 32.3 Å². The first kappa shape index (κ1) is 13.6. The molecule has 0 amide bonds. The van der Waals surface area contributed by atoms with Crippen molar-refractivity contribution in [3.05, 3.63) is 35.4 Å². The molecule has 0 bridgehead atoms. The van der Waals surface area contributed by atoms with Crippen molar-refractivity contribution in [3.8, 4) is 0 Å². The average Bonchev–Trinajstić information content (AvgIpc) is 2.38. The van der Waals surface area contributed by atoms with Crippen LogP contribution in [-0.2, 0) is 5.60 Å². The second-order valence-corrected chi connectivity index (χ2v) is 5.86. The summed E-state index contributed by atoms with van der Waals surface area (Å²) in [5, 5.41) is 14.1. The van der Waals surface area contributed by atoms with Gasteiger partial charge in [0.15, 0.2) is 0 Å². The standard InChI is InChI=1S/C16H25NO/c1-13-7-6-8-14(11-13)16(2,18)12-17-15-9-4-3-5-10-15/h6-8,11,15,17-18H,3-5,9-10,12H2,1-2H3. The fourth-order valence-electron chi connectivity index (χ4n) is 2.73. The molecule has 0 spiro atoms. The van der Waals surface area contributed by atoms with Crippen LogP contribution in [0.5, 0.6) is 0 Å². The first-order valence-electron chi connectivity index (χ1n) is 7.11. The molecule has 18 heavy (non-hydrogen) atoms. The third-order valence-corrected chi connectivity index (χ3v) is 3.98. The van der Waals surface area contributed by atoms with Crippen LogP contribution >= 0.6 is 0 Å². The predicted molar refractivity (Wildman–Crippen MR) is 75.6 cm³/mol. The van der Waals surface area contributed by atoms with Crippen LogP contribution in [0.25, 0.3) is 0 Å². The molecule has 1 unspecified atom stereocenters. The van der Waals surface area contributed by atoms with Gasteiger partial charge in [0.05, 0.1) is 5.60 Å². The number of hydrogen-bond donors (Lipinski definition) is 2. The monoisotopic (exact) mass is 247 g/mol. The SMILES string of the molecule is Cc1cccc(C(C)(O)CNC2CCCCC2)c1. The molecule has 0 aromatic heterocycles. The van der Waals surface area contributed by atoms with E-state index in [1.54, 1.807) is 0 Å². The highest BCUT2D eigenvalue weighted by atomic mass is 16.3. The largest absolute Gasteiger partial charge is 0.384 e. The fourth-order valence-corrected chi connectivity index (χ4v) is 2.73. The summed E-state index contributed by atoms with van der Waals surface area (Å²) < 4.78 is 0. The zero-order valence-corrected chi connectivity index (χ0v) is 11.6. The number of benzene rings is 1. The lowest BCUT2D eigenvalue weighted by atomic mass is 9.92. The molecule has 2 N–H and O–H groups in total. The molecule has 1 aromatic rings. The van der Waals surface area contributed by atoms with Crippen LogP contribution in [0.3, 0.4) is 0 Å². The second-order valence-electron chi connectivity index (χ2n) is 5.86. The van der Waals surface area contributed by atoms with Gasteiger partial charge in [0, 0.05) is 12.6 Å². The first-order chi connectivity index (χ1) is 8.58. The maximum atomic E-state index is 10.6. The van der Waals surface area contributed by atoms with Crippen LogP contribution in [0.1, 0.15) is 50.2 Å². The Kier molecular flexibility index (Phi) is 4.41. The van der Waals surface area contributed by atoms with Crippen LogP contribution in [0.15, 0.2) is 24.3 Å². The minimum absolute atomic E-state index is 0.593. The highest BCUT2D eigenvalue weighted by Crippen LogP contribution is 2.23. The van der Waals surface area contributed by atoms with Gasteiger partial charge in [0.2, 0.25) is 0 Å². The molecule has 2 rings (SSSR count). The van der Waals surface area contributed by atoms with Gasteiger partial charge < -0.3 is 10.4 Å². The van der Waals surface area contributed by atoms with Crippen LogP contribution in [0.4, 0.5) is 0 Å². The van der Waals surface area contributed by atoms with Crippen LogP contribution in [0, 0.1) is 6.92 Å². The average molecular weight is 247 g/mol. The van der Waals surface area contributed by atoms with E-state index in [1.165, 1.54) is 37.7 Å². The third kappa shape index (κ3) is 3.56. The summed E-state index contributed by atoms with van der Waals surface area (Å²) in [5.74, 6) is 0. The molecule has 1 aliphatic carbocycles. The molecule has 1 saturated carbocycles. The Morgan fingerprint density at radius 1 is 1.28 bits per heavy atom. The summed E-state index contributed by atoms with van der Waals surface area (Å²) >= 11 is 0. The second kappa shape index (κ2) is 5.85. The lowest BCUT2D eigenvalue weighted by molar-refractivity contribution is 0.0522. The molecule has 1 aromatic carbocycles. The number of aliphatic hydroxyl groups is 1. The smallest absolute Gasteiger partial charge is 0.0992 e. The molecule has 0 aliphatic heterocycles. The molecule has 2 heteroatoms. The van der Waals surface area contributed by atoms with Crippen molar-refractivity contribution < 1.29 is 5.11 Å².